The van der Waals surface area contributed by atoms with Crippen molar-refractivity contribution >= 4 is 21.5 Å². The number of rotatable bonds is 4. The third-order valence-corrected chi connectivity index (χ3v) is 4.53. The molecule has 4 rings (SSSR count). The zero-order chi connectivity index (χ0) is 19.1. The molecule has 0 fully saturated rings. The van der Waals surface area contributed by atoms with Gasteiger partial charge in [-0.1, -0.05) is 56.3 Å². The van der Waals surface area contributed by atoms with Crippen LogP contribution in [0.5, 0.6) is 11.5 Å². The maximum absolute atomic E-state index is 8.93. The number of aromatic hydroxyl groups is 1. The highest BCUT2D eigenvalue weighted by atomic mass is 16.5. The van der Waals surface area contributed by atoms with Gasteiger partial charge in [0.05, 0.1) is 6.61 Å². The van der Waals surface area contributed by atoms with Gasteiger partial charge in [-0.2, -0.15) is 0 Å². The Balaban J connectivity index is 0.000000168. The highest BCUT2D eigenvalue weighted by molar-refractivity contribution is 5.99. The number of ether oxygens (including phenoxy) is 1. The summed E-state index contributed by atoms with van der Waals surface area (Å²) < 4.78 is 5.30. The van der Waals surface area contributed by atoms with Gasteiger partial charge in [0.2, 0.25) is 0 Å². The summed E-state index contributed by atoms with van der Waals surface area (Å²) in [6.45, 7) is 5.00. The van der Waals surface area contributed by atoms with Crippen molar-refractivity contribution in [2.24, 2.45) is 0 Å². The minimum absolute atomic E-state index is 0.272. The molecule has 0 aliphatic heterocycles. The number of phenolic OH excluding ortho intramolecular Hbond substituents is 1. The second-order valence-corrected chi connectivity index (χ2v) is 6.53. The summed E-state index contributed by atoms with van der Waals surface area (Å²) in [5, 5.41) is 14.3. The molecule has 0 atom stereocenters. The molecule has 138 valence electrons. The molecule has 2 nitrogen and oxygen atoms in total. The molecule has 1 N–H and O–H groups in total. The minimum atomic E-state index is 0.272. The molecule has 0 amide bonds. The van der Waals surface area contributed by atoms with Gasteiger partial charge in [-0.15, -0.1) is 0 Å². The monoisotopic (exact) mass is 358 g/mol. The first-order chi connectivity index (χ1) is 13.2. The number of hydrogen-bond donors (Lipinski definition) is 1. The molecule has 27 heavy (non-hydrogen) atoms. The van der Waals surface area contributed by atoms with Crippen molar-refractivity contribution in [3.05, 3.63) is 84.4 Å². The fourth-order valence-electron chi connectivity index (χ4n) is 3.10. The van der Waals surface area contributed by atoms with Crippen LogP contribution in [-0.4, -0.2) is 11.7 Å². The fraction of sp³-hybridized carbons (Fsp3) is 0.200. The van der Waals surface area contributed by atoms with Crippen LogP contribution in [0.4, 0.5) is 0 Å². The number of benzene rings is 4. The Morgan fingerprint density at radius 3 is 2.07 bits per heavy atom. The number of fused-ring (bicyclic) bond motifs is 2. The van der Waals surface area contributed by atoms with Crippen molar-refractivity contribution in [3.63, 3.8) is 0 Å². The van der Waals surface area contributed by atoms with Crippen LogP contribution >= 0.6 is 0 Å². The average molecular weight is 358 g/mol. The minimum Gasteiger partial charge on any atom is -0.508 e. The Kier molecular flexibility index (Phi) is 6.32. The summed E-state index contributed by atoms with van der Waals surface area (Å²) >= 11 is 0. The maximum atomic E-state index is 8.93. The summed E-state index contributed by atoms with van der Waals surface area (Å²) in [5.41, 5.74) is 1.43. The molecule has 0 aliphatic carbocycles. The van der Waals surface area contributed by atoms with E-state index in [0.717, 1.165) is 25.2 Å². The highest BCUT2D eigenvalue weighted by Gasteiger charge is 2.00. The summed E-state index contributed by atoms with van der Waals surface area (Å²) in [7, 11) is 0. The summed E-state index contributed by atoms with van der Waals surface area (Å²) in [6.07, 6.45) is 2.09. The van der Waals surface area contributed by atoms with Crippen LogP contribution in [-0.2, 0) is 6.42 Å². The molecule has 4 aromatic carbocycles. The lowest BCUT2D eigenvalue weighted by atomic mass is 9.99. The van der Waals surface area contributed by atoms with Crippen molar-refractivity contribution in [2.45, 2.75) is 26.7 Å². The van der Waals surface area contributed by atoms with Gasteiger partial charge in [-0.05, 0) is 76.3 Å². The van der Waals surface area contributed by atoms with Crippen LogP contribution in [0.2, 0.25) is 0 Å². The second kappa shape index (κ2) is 9.09. The first kappa shape index (κ1) is 18.8. The summed E-state index contributed by atoms with van der Waals surface area (Å²) in [4.78, 5) is 0. The van der Waals surface area contributed by atoms with Crippen molar-refractivity contribution in [1.29, 1.82) is 0 Å². The molecule has 0 bridgehead atoms. The van der Waals surface area contributed by atoms with E-state index in [1.165, 1.54) is 27.1 Å². The van der Waals surface area contributed by atoms with E-state index in [2.05, 4.69) is 68.4 Å². The third kappa shape index (κ3) is 4.79. The summed E-state index contributed by atoms with van der Waals surface area (Å²) in [6, 6.07) is 26.4. The largest absolute Gasteiger partial charge is 0.508 e. The van der Waals surface area contributed by atoms with Crippen LogP contribution < -0.4 is 4.74 Å². The first-order valence-corrected chi connectivity index (χ1v) is 9.53. The van der Waals surface area contributed by atoms with Crippen LogP contribution in [0.15, 0.2) is 78.9 Å². The Morgan fingerprint density at radius 2 is 1.41 bits per heavy atom. The van der Waals surface area contributed by atoms with Gasteiger partial charge < -0.3 is 9.84 Å². The van der Waals surface area contributed by atoms with E-state index in [1.54, 1.807) is 24.3 Å². The van der Waals surface area contributed by atoms with Crippen molar-refractivity contribution in [3.8, 4) is 11.5 Å². The van der Waals surface area contributed by atoms with Crippen LogP contribution in [0.1, 0.15) is 25.8 Å². The molecular weight excluding hydrogens is 332 g/mol. The fourth-order valence-corrected chi connectivity index (χ4v) is 3.10. The predicted octanol–water partition coefficient (Wildman–Crippen LogP) is 6.74. The topological polar surface area (TPSA) is 29.5 Å². The molecule has 4 aromatic rings. The smallest absolute Gasteiger partial charge is 0.119 e. The molecule has 0 radical (unpaired) electrons. The Hall–Kier alpha value is -3.00. The van der Waals surface area contributed by atoms with Crippen molar-refractivity contribution in [2.75, 3.05) is 6.61 Å². The van der Waals surface area contributed by atoms with E-state index in [-0.39, 0.29) is 5.75 Å². The third-order valence-electron chi connectivity index (χ3n) is 4.53. The predicted molar refractivity (Wildman–Crippen MR) is 115 cm³/mol. The lowest BCUT2D eigenvalue weighted by molar-refractivity contribution is 0.317. The zero-order valence-electron chi connectivity index (χ0n) is 16.0. The average Bonchev–Trinajstić information content (AvgIpc) is 2.72. The molecule has 0 unspecified atom stereocenters. The lowest BCUT2D eigenvalue weighted by Gasteiger charge is -2.06. The van der Waals surface area contributed by atoms with E-state index in [9.17, 15) is 0 Å². The van der Waals surface area contributed by atoms with Crippen molar-refractivity contribution in [1.82, 2.24) is 0 Å². The summed E-state index contributed by atoms with van der Waals surface area (Å²) in [5.74, 6) is 1.08. The molecule has 0 spiro atoms. The first-order valence-electron chi connectivity index (χ1n) is 9.53. The van der Waals surface area contributed by atoms with Gasteiger partial charge in [0.25, 0.3) is 0 Å². The van der Waals surface area contributed by atoms with E-state index >= 15 is 0 Å². The Morgan fingerprint density at radius 1 is 0.741 bits per heavy atom. The molecule has 0 heterocycles. The molecule has 0 aromatic heterocycles. The van der Waals surface area contributed by atoms with Crippen LogP contribution in [0.3, 0.4) is 0 Å². The number of phenols is 1. The van der Waals surface area contributed by atoms with E-state index < -0.39 is 0 Å². The lowest BCUT2D eigenvalue weighted by Crippen LogP contribution is -1.93. The quantitative estimate of drug-likeness (QED) is 0.409. The second-order valence-electron chi connectivity index (χ2n) is 6.53. The van der Waals surface area contributed by atoms with E-state index in [0.29, 0.717) is 0 Å². The van der Waals surface area contributed by atoms with Crippen LogP contribution in [0.25, 0.3) is 21.5 Å². The highest BCUT2D eigenvalue weighted by Crippen LogP contribution is 2.25. The van der Waals surface area contributed by atoms with Crippen molar-refractivity contribution < 1.29 is 9.84 Å². The molecule has 2 heteroatoms. The van der Waals surface area contributed by atoms with Gasteiger partial charge in [0, 0.05) is 0 Å². The van der Waals surface area contributed by atoms with E-state index in [4.69, 9.17) is 9.84 Å². The number of hydrogen-bond acceptors (Lipinski definition) is 2. The Bertz CT molecular complexity index is 1000. The normalized spacial score (nSPS) is 10.4. The number of aryl methyl sites for hydroxylation is 1. The van der Waals surface area contributed by atoms with Gasteiger partial charge >= 0.3 is 0 Å². The van der Waals surface area contributed by atoms with Gasteiger partial charge in [-0.3, -0.25) is 0 Å². The maximum Gasteiger partial charge on any atom is 0.119 e. The molecule has 0 saturated heterocycles. The van der Waals surface area contributed by atoms with E-state index in [1.807, 2.05) is 0 Å². The van der Waals surface area contributed by atoms with Gasteiger partial charge in [-0.25, -0.2) is 0 Å². The SMILES string of the molecule is CCCOc1ccc(O)cc1.CCc1cccc2cc3ccccc3cc12. The Labute approximate surface area is 161 Å². The molecule has 0 saturated carbocycles. The molecule has 0 aliphatic rings. The molecular formula is C25H26O2. The van der Waals surface area contributed by atoms with Gasteiger partial charge in [0.15, 0.2) is 0 Å². The van der Waals surface area contributed by atoms with Gasteiger partial charge in [0.1, 0.15) is 11.5 Å². The van der Waals surface area contributed by atoms with Crippen LogP contribution in [0, 0.1) is 0 Å². The standard InChI is InChI=1S/C16H14.C9H12O2/c1-2-12-8-5-9-15-10-13-6-3-4-7-14(13)11-16(12)15;1-2-7-11-9-5-3-8(10)4-6-9/h3-11H,2H2,1H3;3-6,10H,2,7H2,1H3. The zero-order valence-corrected chi connectivity index (χ0v) is 16.0.